The first-order chi connectivity index (χ1) is 14.7. The van der Waals surface area contributed by atoms with E-state index in [2.05, 4.69) is 15.2 Å². The van der Waals surface area contributed by atoms with Crippen LogP contribution in [0.1, 0.15) is 12.0 Å². The SMILES string of the molecule is O=C(CN1CCN(C(=O)CCn2cnc3ccccc32)CC1)NCc1ccccc1. The van der Waals surface area contributed by atoms with Crippen LogP contribution in [0.25, 0.3) is 11.0 Å². The Morgan fingerprint density at radius 2 is 1.67 bits per heavy atom. The molecule has 2 amide bonds. The average Bonchev–Trinajstić information content (AvgIpc) is 3.20. The molecule has 30 heavy (non-hydrogen) atoms. The maximum Gasteiger partial charge on any atom is 0.234 e. The number of nitrogens with zero attached hydrogens (tertiary/aromatic N) is 4. The molecule has 0 spiro atoms. The van der Waals surface area contributed by atoms with E-state index in [1.165, 1.54) is 0 Å². The molecule has 0 saturated carbocycles. The Morgan fingerprint density at radius 1 is 0.933 bits per heavy atom. The molecule has 0 radical (unpaired) electrons. The zero-order chi connectivity index (χ0) is 20.8. The second-order valence-corrected chi connectivity index (χ2v) is 7.60. The molecular formula is C23H27N5O2. The number of carbonyl (C=O) groups excluding carboxylic acids is 2. The van der Waals surface area contributed by atoms with Crippen molar-refractivity contribution in [1.82, 2.24) is 24.7 Å². The minimum atomic E-state index is 0.0191. The van der Waals surface area contributed by atoms with Crippen molar-refractivity contribution in [2.45, 2.75) is 19.5 Å². The van der Waals surface area contributed by atoms with Crippen molar-refractivity contribution >= 4 is 22.8 Å². The molecule has 4 rings (SSSR count). The van der Waals surface area contributed by atoms with Crippen LogP contribution in [0.3, 0.4) is 0 Å². The molecule has 2 aromatic carbocycles. The quantitative estimate of drug-likeness (QED) is 0.652. The number of imidazole rings is 1. The molecule has 0 atom stereocenters. The molecule has 1 aromatic heterocycles. The highest BCUT2D eigenvalue weighted by Crippen LogP contribution is 2.13. The van der Waals surface area contributed by atoms with Gasteiger partial charge >= 0.3 is 0 Å². The van der Waals surface area contributed by atoms with E-state index in [0.717, 1.165) is 29.7 Å². The number of amides is 2. The summed E-state index contributed by atoms with van der Waals surface area (Å²) in [6, 6.07) is 17.8. The molecule has 3 aromatic rings. The Hall–Kier alpha value is -3.19. The van der Waals surface area contributed by atoms with Crippen molar-refractivity contribution < 1.29 is 9.59 Å². The summed E-state index contributed by atoms with van der Waals surface area (Å²) in [5.74, 6) is 0.173. The van der Waals surface area contributed by atoms with E-state index in [0.29, 0.717) is 39.1 Å². The normalized spacial score (nSPS) is 14.7. The van der Waals surface area contributed by atoms with Crippen molar-refractivity contribution in [2.24, 2.45) is 0 Å². The minimum absolute atomic E-state index is 0.0191. The number of hydrogen-bond donors (Lipinski definition) is 1. The third-order valence-electron chi connectivity index (χ3n) is 5.52. The Kier molecular flexibility index (Phi) is 6.39. The summed E-state index contributed by atoms with van der Waals surface area (Å²) in [5, 5.41) is 2.96. The van der Waals surface area contributed by atoms with Crippen molar-refractivity contribution in [1.29, 1.82) is 0 Å². The number of aromatic nitrogens is 2. The molecule has 1 aliphatic heterocycles. The Balaban J connectivity index is 1.18. The number of hydrogen-bond acceptors (Lipinski definition) is 4. The molecule has 156 valence electrons. The van der Waals surface area contributed by atoms with Gasteiger partial charge in [-0.1, -0.05) is 42.5 Å². The molecule has 0 aliphatic carbocycles. The molecular weight excluding hydrogens is 378 g/mol. The van der Waals surface area contributed by atoms with Gasteiger partial charge in [0.2, 0.25) is 11.8 Å². The predicted octanol–water partition coefficient (Wildman–Crippen LogP) is 1.89. The molecule has 1 saturated heterocycles. The number of benzene rings is 2. The highest BCUT2D eigenvalue weighted by Gasteiger charge is 2.22. The van der Waals surface area contributed by atoms with Crippen LogP contribution in [0.5, 0.6) is 0 Å². The van der Waals surface area contributed by atoms with Gasteiger partial charge in [0.15, 0.2) is 0 Å². The van der Waals surface area contributed by atoms with E-state index < -0.39 is 0 Å². The van der Waals surface area contributed by atoms with E-state index >= 15 is 0 Å². The number of piperazine rings is 1. The summed E-state index contributed by atoms with van der Waals surface area (Å²) in [7, 11) is 0. The van der Waals surface area contributed by atoms with Gasteiger partial charge < -0.3 is 14.8 Å². The van der Waals surface area contributed by atoms with Gasteiger partial charge in [-0.25, -0.2) is 4.98 Å². The second kappa shape index (κ2) is 9.54. The van der Waals surface area contributed by atoms with Crippen LogP contribution in [-0.4, -0.2) is 63.9 Å². The van der Waals surface area contributed by atoms with Gasteiger partial charge in [0, 0.05) is 45.7 Å². The fraction of sp³-hybridized carbons (Fsp3) is 0.348. The maximum atomic E-state index is 12.6. The maximum absolute atomic E-state index is 12.6. The molecule has 7 heteroatoms. The second-order valence-electron chi connectivity index (χ2n) is 7.60. The van der Waals surface area contributed by atoms with E-state index in [1.807, 2.05) is 64.1 Å². The van der Waals surface area contributed by atoms with E-state index in [1.54, 1.807) is 6.33 Å². The molecule has 1 N–H and O–H groups in total. The first-order valence-corrected chi connectivity index (χ1v) is 10.4. The highest BCUT2D eigenvalue weighted by atomic mass is 16.2. The summed E-state index contributed by atoms with van der Waals surface area (Å²) in [6.07, 6.45) is 2.25. The van der Waals surface area contributed by atoms with Gasteiger partial charge in [-0.2, -0.15) is 0 Å². The standard InChI is InChI=1S/C23H27N5O2/c29-22(24-16-19-6-2-1-3-7-19)17-26-12-14-27(15-13-26)23(30)10-11-28-18-25-20-8-4-5-9-21(20)28/h1-9,18H,10-17H2,(H,24,29). The number of rotatable bonds is 7. The van der Waals surface area contributed by atoms with Crippen LogP contribution in [0.4, 0.5) is 0 Å². The summed E-state index contributed by atoms with van der Waals surface area (Å²) < 4.78 is 2.03. The van der Waals surface area contributed by atoms with E-state index in [9.17, 15) is 9.59 Å². The Morgan fingerprint density at radius 3 is 2.47 bits per heavy atom. The zero-order valence-corrected chi connectivity index (χ0v) is 17.0. The van der Waals surface area contributed by atoms with Crippen LogP contribution in [-0.2, 0) is 22.7 Å². The van der Waals surface area contributed by atoms with Gasteiger partial charge in [-0.3, -0.25) is 14.5 Å². The van der Waals surface area contributed by atoms with Crippen molar-refractivity contribution in [3.63, 3.8) is 0 Å². The number of nitrogens with one attached hydrogen (secondary N) is 1. The summed E-state index contributed by atoms with van der Waals surface area (Å²) in [5.41, 5.74) is 3.09. The minimum Gasteiger partial charge on any atom is -0.351 e. The topological polar surface area (TPSA) is 70.5 Å². The average molecular weight is 406 g/mol. The molecule has 0 unspecified atom stereocenters. The molecule has 2 heterocycles. The largest absolute Gasteiger partial charge is 0.351 e. The lowest BCUT2D eigenvalue weighted by Crippen LogP contribution is -2.51. The highest BCUT2D eigenvalue weighted by molar-refractivity contribution is 5.79. The van der Waals surface area contributed by atoms with Crippen LogP contribution < -0.4 is 5.32 Å². The lowest BCUT2D eigenvalue weighted by Gasteiger charge is -2.34. The lowest BCUT2D eigenvalue weighted by molar-refractivity contribution is -0.133. The van der Waals surface area contributed by atoms with Crippen LogP contribution in [0.2, 0.25) is 0 Å². The van der Waals surface area contributed by atoms with Crippen molar-refractivity contribution in [3.05, 3.63) is 66.5 Å². The van der Waals surface area contributed by atoms with Crippen molar-refractivity contribution in [3.8, 4) is 0 Å². The summed E-state index contributed by atoms with van der Waals surface area (Å²) >= 11 is 0. The lowest BCUT2D eigenvalue weighted by atomic mass is 10.2. The summed E-state index contributed by atoms with van der Waals surface area (Å²) in [4.78, 5) is 33.2. The monoisotopic (exact) mass is 405 g/mol. The Labute approximate surface area is 176 Å². The number of aryl methyl sites for hydroxylation is 1. The molecule has 1 aliphatic rings. The third kappa shape index (κ3) is 5.04. The van der Waals surface area contributed by atoms with Crippen LogP contribution in [0, 0.1) is 0 Å². The summed E-state index contributed by atoms with van der Waals surface area (Å²) in [6.45, 7) is 4.31. The third-order valence-corrected chi connectivity index (χ3v) is 5.52. The predicted molar refractivity (Wildman–Crippen MR) is 116 cm³/mol. The van der Waals surface area contributed by atoms with Gasteiger partial charge in [0.25, 0.3) is 0 Å². The number of carbonyl (C=O) groups is 2. The van der Waals surface area contributed by atoms with Crippen LogP contribution >= 0.6 is 0 Å². The first kappa shape index (κ1) is 20.1. The van der Waals surface area contributed by atoms with E-state index in [4.69, 9.17) is 0 Å². The fourth-order valence-electron chi connectivity index (χ4n) is 3.77. The van der Waals surface area contributed by atoms with Gasteiger partial charge in [0.1, 0.15) is 0 Å². The van der Waals surface area contributed by atoms with Crippen molar-refractivity contribution in [2.75, 3.05) is 32.7 Å². The molecule has 1 fully saturated rings. The number of para-hydroxylation sites is 2. The van der Waals surface area contributed by atoms with Gasteiger partial charge in [-0.15, -0.1) is 0 Å². The molecule has 0 bridgehead atoms. The zero-order valence-electron chi connectivity index (χ0n) is 17.0. The van der Waals surface area contributed by atoms with Crippen LogP contribution in [0.15, 0.2) is 60.9 Å². The fourth-order valence-corrected chi connectivity index (χ4v) is 3.77. The smallest absolute Gasteiger partial charge is 0.234 e. The van der Waals surface area contributed by atoms with Gasteiger partial charge in [-0.05, 0) is 17.7 Å². The van der Waals surface area contributed by atoms with E-state index in [-0.39, 0.29) is 11.8 Å². The Bertz CT molecular complexity index is 993. The van der Waals surface area contributed by atoms with Gasteiger partial charge in [0.05, 0.1) is 23.9 Å². The molecule has 7 nitrogen and oxygen atoms in total. The first-order valence-electron chi connectivity index (χ1n) is 10.4. The number of fused-ring (bicyclic) bond motifs is 1.